The van der Waals surface area contributed by atoms with Gasteiger partial charge in [-0.05, 0) is 22.3 Å². The Bertz CT molecular complexity index is 2060. The van der Waals surface area contributed by atoms with Gasteiger partial charge < -0.3 is 0 Å². The maximum atomic E-state index is 3.87. The van der Waals surface area contributed by atoms with Crippen LogP contribution in [0.1, 0.15) is 22.3 Å². The summed E-state index contributed by atoms with van der Waals surface area (Å²) in [7, 11) is 4.01. The van der Waals surface area contributed by atoms with Gasteiger partial charge >= 0.3 is 33.1 Å². The number of fused-ring (bicyclic) bond motifs is 4. The number of rotatable bonds is 4. The van der Waals surface area contributed by atoms with Crippen LogP contribution < -0.4 is 4.58 Å². The van der Waals surface area contributed by atoms with Crippen molar-refractivity contribution in [3.8, 4) is 11.1 Å². The average Bonchev–Trinajstić information content (AvgIpc) is 3.70. The van der Waals surface area contributed by atoms with E-state index in [-0.39, 0.29) is 21.1 Å². The summed E-state index contributed by atoms with van der Waals surface area (Å²) in [6.07, 6.45) is 4.00. The van der Waals surface area contributed by atoms with Crippen molar-refractivity contribution in [2.24, 2.45) is 0 Å². The van der Waals surface area contributed by atoms with Gasteiger partial charge in [-0.1, -0.05) is 91.1 Å². The van der Waals surface area contributed by atoms with Gasteiger partial charge in [0.25, 0.3) is 17.6 Å². The van der Waals surface area contributed by atoms with E-state index in [4.69, 9.17) is 0 Å². The van der Waals surface area contributed by atoms with Crippen LogP contribution in [0.5, 0.6) is 0 Å². The second kappa shape index (κ2) is 9.98. The molecule has 200 valence electrons. The minimum absolute atomic E-state index is 0. The first kappa shape index (κ1) is 26.2. The van der Waals surface area contributed by atoms with Gasteiger partial charge in [0.05, 0.1) is 0 Å². The van der Waals surface area contributed by atoms with Gasteiger partial charge in [-0.25, -0.2) is 0 Å². The monoisotopic (exact) mass is 721 g/mol. The molecule has 2 heterocycles. The van der Waals surface area contributed by atoms with E-state index < -0.39 is 5.41 Å². The van der Waals surface area contributed by atoms with Crippen molar-refractivity contribution < 1.29 is 34.8 Å². The second-order valence-corrected chi connectivity index (χ2v) is 10.6. The molecule has 8 rings (SSSR count). The van der Waals surface area contributed by atoms with Gasteiger partial charge in [0, 0.05) is 17.5 Å². The van der Waals surface area contributed by atoms with Crippen molar-refractivity contribution in [1.82, 2.24) is 4.58 Å². The minimum Gasteiger partial charge on any atom is -0.166 e. The molecule has 5 aromatic rings. The molecule has 0 unspecified atom stereocenters. The summed E-state index contributed by atoms with van der Waals surface area (Å²) in [6.45, 7) is 0. The fourth-order valence-corrected chi connectivity index (χ4v) is 6.50. The molecule has 0 fully saturated rings. The molecular weight excluding hydrogens is 696 g/mol. The maximum absolute atomic E-state index is 3.87. The molecule has 0 N–H and O–H groups in total. The first-order valence-electron chi connectivity index (χ1n) is 13.8. The molecule has 0 saturated heterocycles. The van der Waals surface area contributed by atoms with Crippen LogP contribution in [-0.2, 0) is 26.5 Å². The first-order valence-corrected chi connectivity index (χ1v) is 13.8. The van der Waals surface area contributed by atoms with Gasteiger partial charge in [0.1, 0.15) is 11.4 Å². The van der Waals surface area contributed by atoms with Crippen molar-refractivity contribution in [2.75, 3.05) is 14.1 Å². The Hall–Kier alpha value is -4.71. The Labute approximate surface area is 259 Å². The van der Waals surface area contributed by atoms with E-state index in [1.54, 1.807) is 0 Å². The van der Waals surface area contributed by atoms with E-state index in [1.807, 2.05) is 40.2 Å². The van der Waals surface area contributed by atoms with Crippen molar-refractivity contribution in [3.63, 3.8) is 0 Å². The van der Waals surface area contributed by atoms with Crippen molar-refractivity contribution >= 4 is 34.8 Å². The summed E-state index contributed by atoms with van der Waals surface area (Å²) >= 11 is 0. The Morgan fingerprint density at radius 2 is 1.14 bits per heavy atom. The van der Waals surface area contributed by atoms with E-state index >= 15 is 0 Å². The molecule has 5 aromatic carbocycles. The first-order chi connectivity index (χ1) is 20.1. The van der Waals surface area contributed by atoms with Gasteiger partial charge in [-0.3, -0.25) is 0 Å². The van der Waals surface area contributed by atoms with Crippen LogP contribution in [0.15, 0.2) is 122 Å². The fourth-order valence-electron chi connectivity index (χ4n) is 6.50. The molecular formula is C37H26N4Pt+4. The summed E-state index contributed by atoms with van der Waals surface area (Å²) in [5, 5.41) is 0. The Morgan fingerprint density at radius 1 is 0.571 bits per heavy atom. The molecule has 0 radical (unpaired) electrons. The predicted molar refractivity (Wildman–Crippen MR) is 160 cm³/mol. The van der Waals surface area contributed by atoms with Crippen LogP contribution in [0.3, 0.4) is 0 Å². The van der Waals surface area contributed by atoms with Crippen molar-refractivity contribution in [2.45, 2.75) is 5.41 Å². The number of para-hydroxylation sites is 2. The summed E-state index contributed by atoms with van der Waals surface area (Å²) in [5.41, 5.74) is 10.6. The minimum atomic E-state index is -0.611. The Balaban J connectivity index is 0.00000288. The van der Waals surface area contributed by atoms with E-state index in [2.05, 4.69) is 138 Å². The third-order valence-electron chi connectivity index (χ3n) is 8.26. The third-order valence-corrected chi connectivity index (χ3v) is 8.26. The third kappa shape index (κ3) is 3.74. The van der Waals surface area contributed by atoms with E-state index in [9.17, 15) is 0 Å². The van der Waals surface area contributed by atoms with Crippen LogP contribution >= 0.6 is 0 Å². The molecule has 0 spiro atoms. The second-order valence-electron chi connectivity index (χ2n) is 10.6. The van der Waals surface area contributed by atoms with Gasteiger partial charge in [0.2, 0.25) is 6.20 Å². The quantitative estimate of drug-likeness (QED) is 0.139. The number of hydrogen-bond acceptors (Lipinski definition) is 0. The van der Waals surface area contributed by atoms with Gasteiger partial charge in [0.15, 0.2) is 14.1 Å². The zero-order valence-corrected chi connectivity index (χ0v) is 25.4. The van der Waals surface area contributed by atoms with Crippen LogP contribution in [0.4, 0.5) is 22.7 Å². The van der Waals surface area contributed by atoms with E-state index in [1.165, 1.54) is 22.3 Å². The number of hydrogen-bond donors (Lipinski definition) is 0. The van der Waals surface area contributed by atoms with Gasteiger partial charge in [-0.2, -0.15) is 24.3 Å². The maximum Gasteiger partial charge on any atom is 2.00 e. The molecule has 0 aromatic heterocycles. The molecule has 0 bridgehead atoms. The standard InChI is InChI=1S/C37H26N4.Pt/c1-38-21-22-40(25-38)29-13-9-11-27(23-29)37(33-17-5-3-15-31(33)32-16-4-6-18-34(32)37)28-12-10-14-30(24-28)41-26-39(2)35-19-7-8-20-36(35)41;/h3-22H,1-2H3;/q2*+2. The van der Waals surface area contributed by atoms with Crippen molar-refractivity contribution in [3.05, 3.63) is 156 Å². The van der Waals surface area contributed by atoms with Crippen LogP contribution in [0.2, 0.25) is 0 Å². The summed E-state index contributed by atoms with van der Waals surface area (Å²) in [6, 6.07) is 53.3. The smallest absolute Gasteiger partial charge is 0.166 e. The zero-order valence-electron chi connectivity index (χ0n) is 23.2. The van der Waals surface area contributed by atoms with Crippen molar-refractivity contribution in [1.29, 1.82) is 0 Å². The van der Waals surface area contributed by atoms with Crippen LogP contribution in [0, 0.1) is 12.1 Å². The number of benzene rings is 5. The van der Waals surface area contributed by atoms with E-state index in [0.717, 1.165) is 33.9 Å². The molecule has 3 aliphatic rings. The summed E-state index contributed by atoms with van der Waals surface area (Å²) in [4.78, 5) is 0. The molecule has 4 nitrogen and oxygen atoms in total. The van der Waals surface area contributed by atoms with Gasteiger partial charge in [-0.15, -0.1) is 23.3 Å². The zero-order chi connectivity index (χ0) is 27.6. The fraction of sp³-hybridized carbons (Fsp3) is 0.0811. The molecule has 0 amide bonds. The number of nitrogens with zero attached hydrogens (tertiary/aromatic N) is 4. The molecule has 42 heavy (non-hydrogen) atoms. The molecule has 1 aliphatic carbocycles. The van der Waals surface area contributed by atoms with E-state index in [0.29, 0.717) is 0 Å². The topological polar surface area (TPSA) is 12.0 Å². The van der Waals surface area contributed by atoms with Crippen LogP contribution in [-0.4, -0.2) is 39.8 Å². The SMILES string of the molecule is C[N+]1=C=[N+](c2[c-]c(C3(c4[c-]c([N+]5=C=[N+](C)c6ccccc65)ccc4)c4ccccc4-c4ccccc43)ccc2)C=C1.[Pt+2]. The molecule has 0 atom stereocenters. The average molecular weight is 722 g/mol. The largest absolute Gasteiger partial charge is 2.00 e. The Kier molecular flexibility index (Phi) is 6.23. The normalized spacial score (nSPS) is 15.1. The summed E-state index contributed by atoms with van der Waals surface area (Å²) < 4.78 is 8.06. The molecule has 0 saturated carbocycles. The van der Waals surface area contributed by atoms with Crippen LogP contribution in [0.25, 0.3) is 11.1 Å². The summed E-state index contributed by atoms with van der Waals surface area (Å²) in [5.74, 6) is 0. The Morgan fingerprint density at radius 3 is 1.79 bits per heavy atom. The molecule has 2 aliphatic heterocycles. The predicted octanol–water partition coefficient (Wildman–Crippen LogP) is 6.89. The molecule has 5 heteroatoms.